The van der Waals surface area contributed by atoms with Crippen LogP contribution in [0.2, 0.25) is 0 Å². The van der Waals surface area contributed by atoms with Gasteiger partial charge in [-0.3, -0.25) is 4.79 Å². The molecule has 0 aliphatic heterocycles. The number of hydrogen-bond acceptors (Lipinski definition) is 9. The average Bonchev–Trinajstić information content (AvgIpc) is 3.54. The van der Waals surface area contributed by atoms with E-state index in [0.717, 1.165) is 11.8 Å². The Kier molecular flexibility index (Phi) is 6.94. The number of nitrogens with one attached hydrogen (secondary N) is 1. The van der Waals surface area contributed by atoms with Gasteiger partial charge in [0.1, 0.15) is 11.5 Å². The summed E-state index contributed by atoms with van der Waals surface area (Å²) in [5.74, 6) is 0.728. The zero-order valence-electron chi connectivity index (χ0n) is 18.2. The van der Waals surface area contributed by atoms with Crippen molar-refractivity contribution in [1.29, 1.82) is 0 Å². The Morgan fingerprint density at radius 2 is 1.85 bits per heavy atom. The van der Waals surface area contributed by atoms with Crippen molar-refractivity contribution in [2.75, 3.05) is 25.3 Å². The highest BCUT2D eigenvalue weighted by atomic mass is 32.2. The van der Waals surface area contributed by atoms with Gasteiger partial charge < -0.3 is 23.6 Å². The molecule has 34 heavy (non-hydrogen) atoms. The third-order valence-electron chi connectivity index (χ3n) is 4.62. The van der Waals surface area contributed by atoms with Gasteiger partial charge in [0.15, 0.2) is 5.76 Å². The van der Waals surface area contributed by atoms with Crippen LogP contribution in [0, 0.1) is 0 Å². The minimum Gasteiger partial charge on any atom is -0.497 e. The Hall–Kier alpha value is -3.70. The number of oxazole rings is 1. The maximum atomic E-state index is 13.2. The highest BCUT2D eigenvalue weighted by molar-refractivity contribution is 8.00. The van der Waals surface area contributed by atoms with Crippen molar-refractivity contribution in [3.63, 3.8) is 0 Å². The minimum absolute atomic E-state index is 0.000706. The van der Waals surface area contributed by atoms with Crippen molar-refractivity contribution in [3.05, 3.63) is 66.9 Å². The summed E-state index contributed by atoms with van der Waals surface area (Å²) in [6.07, 6.45) is 1.42. The molecule has 4 aromatic rings. The van der Waals surface area contributed by atoms with Gasteiger partial charge in [0.2, 0.25) is 25.9 Å². The topological polar surface area (TPSA) is 121 Å². The lowest BCUT2D eigenvalue weighted by Crippen LogP contribution is -2.15. The van der Waals surface area contributed by atoms with E-state index in [1.165, 1.54) is 32.6 Å². The van der Waals surface area contributed by atoms with Crippen molar-refractivity contribution < 1.29 is 31.5 Å². The molecule has 9 nitrogen and oxygen atoms in total. The average molecular weight is 501 g/mol. The van der Waals surface area contributed by atoms with E-state index in [0.29, 0.717) is 17.2 Å². The first-order valence-corrected chi connectivity index (χ1v) is 12.4. The van der Waals surface area contributed by atoms with Gasteiger partial charge in [0, 0.05) is 6.07 Å². The van der Waals surface area contributed by atoms with Crippen LogP contribution in [0.5, 0.6) is 11.5 Å². The van der Waals surface area contributed by atoms with Gasteiger partial charge in [-0.1, -0.05) is 30.0 Å². The van der Waals surface area contributed by atoms with E-state index in [1.54, 1.807) is 48.5 Å². The Balaban J connectivity index is 1.59. The molecule has 0 bridgehead atoms. The second-order valence-electron chi connectivity index (χ2n) is 6.81. The number of sulfone groups is 1. The van der Waals surface area contributed by atoms with Crippen molar-refractivity contribution in [1.82, 2.24) is 4.98 Å². The number of methoxy groups -OCH3 is 2. The van der Waals surface area contributed by atoms with E-state index in [1.807, 2.05) is 0 Å². The molecule has 11 heteroatoms. The molecule has 0 unspecified atom stereocenters. The number of rotatable bonds is 9. The van der Waals surface area contributed by atoms with Crippen LogP contribution < -0.4 is 14.8 Å². The maximum absolute atomic E-state index is 13.2. The molecule has 0 aliphatic carbocycles. The fourth-order valence-electron chi connectivity index (χ4n) is 2.99. The highest BCUT2D eigenvalue weighted by Crippen LogP contribution is 2.35. The number of ether oxygens (including phenoxy) is 2. The molecule has 0 atom stereocenters. The largest absolute Gasteiger partial charge is 0.497 e. The summed E-state index contributed by atoms with van der Waals surface area (Å²) in [4.78, 5) is 16.9. The van der Waals surface area contributed by atoms with Crippen LogP contribution in [0.15, 0.2) is 90.8 Å². The molecule has 1 N–H and O–H groups in total. The van der Waals surface area contributed by atoms with Gasteiger partial charge >= 0.3 is 0 Å². The molecule has 2 aromatic heterocycles. The maximum Gasteiger partial charge on any atom is 0.265 e. The zero-order valence-corrected chi connectivity index (χ0v) is 19.8. The lowest BCUT2D eigenvalue weighted by molar-refractivity contribution is -0.113. The van der Waals surface area contributed by atoms with Gasteiger partial charge in [0.25, 0.3) is 5.89 Å². The first-order valence-electron chi connectivity index (χ1n) is 9.92. The summed E-state index contributed by atoms with van der Waals surface area (Å²) >= 11 is 0.908. The molecule has 0 aliphatic rings. The third-order valence-corrected chi connectivity index (χ3v) is 7.38. The molecule has 4 rings (SSSR count). The lowest BCUT2D eigenvalue weighted by atomic mass is 10.2. The van der Waals surface area contributed by atoms with Crippen molar-refractivity contribution in [2.45, 2.75) is 15.0 Å². The first kappa shape index (κ1) is 23.5. The van der Waals surface area contributed by atoms with E-state index in [-0.39, 0.29) is 32.4 Å². The van der Waals surface area contributed by atoms with Crippen molar-refractivity contribution in [2.24, 2.45) is 0 Å². The summed E-state index contributed by atoms with van der Waals surface area (Å²) in [6.45, 7) is 0. The molecule has 2 aromatic carbocycles. The van der Waals surface area contributed by atoms with E-state index >= 15 is 0 Å². The summed E-state index contributed by atoms with van der Waals surface area (Å²) < 4.78 is 47.9. The number of hydrogen-bond donors (Lipinski definition) is 1. The van der Waals surface area contributed by atoms with Gasteiger partial charge in [-0.25, -0.2) is 8.42 Å². The second kappa shape index (κ2) is 10.1. The monoisotopic (exact) mass is 500 g/mol. The summed E-state index contributed by atoms with van der Waals surface area (Å²) in [6, 6.07) is 16.1. The molecule has 176 valence electrons. The Bertz CT molecular complexity index is 1380. The van der Waals surface area contributed by atoms with E-state index in [9.17, 15) is 13.2 Å². The Labute approximate surface area is 200 Å². The van der Waals surface area contributed by atoms with Gasteiger partial charge in [-0.05, 0) is 36.4 Å². The van der Waals surface area contributed by atoms with Crippen LogP contribution in [0.1, 0.15) is 0 Å². The number of nitrogens with zero attached hydrogens (tertiary/aromatic N) is 1. The number of amides is 1. The van der Waals surface area contributed by atoms with Gasteiger partial charge in [-0.15, -0.1) is 0 Å². The molecule has 0 radical (unpaired) electrons. The lowest BCUT2D eigenvalue weighted by Gasteiger charge is -2.11. The molecular formula is C23H20N2O7S2. The van der Waals surface area contributed by atoms with E-state index in [4.69, 9.17) is 18.3 Å². The molecule has 0 fully saturated rings. The minimum atomic E-state index is -4.00. The molecule has 0 spiro atoms. The SMILES string of the molecule is COc1ccc(NC(=O)CSc2oc(-c3ccco3)nc2S(=O)(=O)c2ccccc2)c(OC)c1. The predicted octanol–water partition coefficient (Wildman–Crippen LogP) is 4.52. The smallest absolute Gasteiger partial charge is 0.265 e. The summed E-state index contributed by atoms with van der Waals surface area (Å²) in [7, 11) is -0.994. The van der Waals surface area contributed by atoms with Gasteiger partial charge in [-0.2, -0.15) is 4.98 Å². The fourth-order valence-corrected chi connectivity index (χ4v) is 5.34. The van der Waals surface area contributed by atoms with Crippen LogP contribution in [-0.4, -0.2) is 39.3 Å². The second-order valence-corrected chi connectivity index (χ2v) is 9.62. The van der Waals surface area contributed by atoms with E-state index < -0.39 is 15.7 Å². The van der Waals surface area contributed by atoms with Gasteiger partial charge in [0.05, 0.1) is 36.8 Å². The zero-order chi connectivity index (χ0) is 24.1. The quantitative estimate of drug-likeness (QED) is 0.331. The van der Waals surface area contributed by atoms with Crippen LogP contribution in [-0.2, 0) is 14.6 Å². The molecule has 2 heterocycles. The van der Waals surface area contributed by atoms with Crippen LogP contribution >= 0.6 is 11.8 Å². The summed E-state index contributed by atoms with van der Waals surface area (Å²) in [5, 5.41) is 2.43. The van der Waals surface area contributed by atoms with Crippen molar-refractivity contribution in [3.8, 4) is 23.1 Å². The van der Waals surface area contributed by atoms with Crippen molar-refractivity contribution >= 4 is 33.2 Å². The number of anilines is 1. The Morgan fingerprint density at radius 3 is 2.53 bits per heavy atom. The number of aromatic nitrogens is 1. The van der Waals surface area contributed by atoms with Crippen LogP contribution in [0.25, 0.3) is 11.7 Å². The number of thioether (sulfide) groups is 1. The first-order chi connectivity index (χ1) is 16.4. The normalized spacial score (nSPS) is 11.2. The predicted molar refractivity (Wildman–Crippen MR) is 125 cm³/mol. The number of carbonyl (C=O) groups is 1. The van der Waals surface area contributed by atoms with E-state index in [2.05, 4.69) is 10.3 Å². The fraction of sp³-hybridized carbons (Fsp3) is 0.130. The molecule has 0 saturated heterocycles. The number of carbonyl (C=O) groups excluding carboxylic acids is 1. The molecule has 0 saturated carbocycles. The molecule has 1 amide bonds. The number of benzene rings is 2. The molecular weight excluding hydrogens is 480 g/mol. The third kappa shape index (κ3) is 4.95. The number of furan rings is 1. The highest BCUT2D eigenvalue weighted by Gasteiger charge is 2.29. The standard InChI is InChI=1S/C23H20N2O7S2/c1-29-15-10-11-17(19(13-15)30-2)24-20(26)14-33-23-22(25-21(32-23)18-9-6-12-31-18)34(27,28)16-7-4-3-5-8-16/h3-13H,14H2,1-2H3,(H,24,26). The summed E-state index contributed by atoms with van der Waals surface area (Å²) in [5.41, 5.74) is 0.444. The Morgan fingerprint density at radius 1 is 1.06 bits per heavy atom. The van der Waals surface area contributed by atoms with Crippen LogP contribution in [0.3, 0.4) is 0 Å². The van der Waals surface area contributed by atoms with Crippen LogP contribution in [0.4, 0.5) is 5.69 Å².